The van der Waals surface area contributed by atoms with E-state index in [1.165, 1.54) is 0 Å². The highest BCUT2D eigenvalue weighted by Crippen LogP contribution is 2.23. The first-order valence-electron chi connectivity index (χ1n) is 8.03. The Morgan fingerprint density at radius 1 is 1.41 bits per heavy atom. The first-order valence-corrected chi connectivity index (χ1v) is 8.03. The number of rotatable bonds is 6. The molecule has 1 amide bonds. The molecule has 0 saturated carbocycles. The summed E-state index contributed by atoms with van der Waals surface area (Å²) in [4.78, 5) is 13.9. The van der Waals surface area contributed by atoms with Gasteiger partial charge in [0.25, 0.3) is 0 Å². The van der Waals surface area contributed by atoms with Crippen molar-refractivity contribution >= 4 is 11.6 Å². The van der Waals surface area contributed by atoms with Crippen molar-refractivity contribution in [2.45, 2.75) is 39.2 Å². The Morgan fingerprint density at radius 3 is 2.77 bits per heavy atom. The van der Waals surface area contributed by atoms with Crippen LogP contribution >= 0.6 is 0 Å². The molecular formula is C17H25FN2O2. The zero-order chi connectivity index (χ0) is 15.9. The molecule has 2 rings (SSSR count). The van der Waals surface area contributed by atoms with E-state index in [4.69, 9.17) is 4.74 Å². The Bertz CT molecular complexity index is 501. The Labute approximate surface area is 131 Å². The van der Waals surface area contributed by atoms with Crippen LogP contribution in [0.25, 0.3) is 0 Å². The molecule has 0 radical (unpaired) electrons. The van der Waals surface area contributed by atoms with Crippen LogP contribution in [-0.4, -0.2) is 32.2 Å². The highest BCUT2D eigenvalue weighted by atomic mass is 19.1. The normalized spacial score (nSPS) is 16.4. The highest BCUT2D eigenvalue weighted by Gasteiger charge is 2.17. The summed E-state index contributed by atoms with van der Waals surface area (Å²) in [6, 6.07) is 4.92. The molecule has 5 heteroatoms. The van der Waals surface area contributed by atoms with Gasteiger partial charge < -0.3 is 15.0 Å². The number of nitrogens with one attached hydrogen (secondary N) is 1. The predicted molar refractivity (Wildman–Crippen MR) is 85.5 cm³/mol. The van der Waals surface area contributed by atoms with Gasteiger partial charge in [-0.3, -0.25) is 4.79 Å². The van der Waals surface area contributed by atoms with Gasteiger partial charge in [-0.15, -0.1) is 0 Å². The molecule has 0 aromatic heterocycles. The van der Waals surface area contributed by atoms with E-state index in [0.717, 1.165) is 31.6 Å². The lowest BCUT2D eigenvalue weighted by atomic mass is 10.1. The van der Waals surface area contributed by atoms with Crippen molar-refractivity contribution in [3.05, 3.63) is 29.6 Å². The molecule has 1 fully saturated rings. The van der Waals surface area contributed by atoms with E-state index in [9.17, 15) is 9.18 Å². The minimum atomic E-state index is -0.317. The topological polar surface area (TPSA) is 41.6 Å². The fourth-order valence-corrected chi connectivity index (χ4v) is 2.61. The van der Waals surface area contributed by atoms with E-state index in [2.05, 4.69) is 10.2 Å². The lowest BCUT2D eigenvalue weighted by molar-refractivity contribution is -0.121. The van der Waals surface area contributed by atoms with Crippen molar-refractivity contribution in [3.8, 4) is 0 Å². The molecule has 0 aliphatic carbocycles. The summed E-state index contributed by atoms with van der Waals surface area (Å²) in [6.07, 6.45) is 2.33. The Hall–Kier alpha value is -1.62. The third-order valence-corrected chi connectivity index (χ3v) is 3.96. The summed E-state index contributed by atoms with van der Waals surface area (Å²) in [5.41, 5.74) is 1.40. The molecule has 4 nitrogen and oxygen atoms in total. The molecule has 1 N–H and O–H groups in total. The van der Waals surface area contributed by atoms with E-state index >= 15 is 0 Å². The van der Waals surface area contributed by atoms with Crippen LogP contribution in [0.5, 0.6) is 0 Å². The molecule has 1 saturated heterocycles. The maximum absolute atomic E-state index is 14.3. The average Bonchev–Trinajstić information content (AvgIpc) is 2.53. The van der Waals surface area contributed by atoms with Crippen LogP contribution < -0.4 is 10.2 Å². The van der Waals surface area contributed by atoms with Gasteiger partial charge in [0.2, 0.25) is 5.91 Å². The van der Waals surface area contributed by atoms with E-state index < -0.39 is 0 Å². The van der Waals surface area contributed by atoms with Crippen molar-refractivity contribution < 1.29 is 13.9 Å². The lowest BCUT2D eigenvalue weighted by Gasteiger charge is -2.29. The second-order valence-corrected chi connectivity index (χ2v) is 5.70. The van der Waals surface area contributed by atoms with Crippen molar-refractivity contribution in [2.24, 2.45) is 0 Å². The summed E-state index contributed by atoms with van der Waals surface area (Å²) in [6.45, 7) is 6.77. The Balaban J connectivity index is 2.00. The van der Waals surface area contributed by atoms with Gasteiger partial charge >= 0.3 is 0 Å². The van der Waals surface area contributed by atoms with Crippen molar-refractivity contribution in [2.75, 3.05) is 31.2 Å². The van der Waals surface area contributed by atoms with Crippen LogP contribution in [0, 0.1) is 5.82 Å². The van der Waals surface area contributed by atoms with Gasteiger partial charge in [-0.25, -0.2) is 4.39 Å². The molecule has 122 valence electrons. The molecule has 1 atom stereocenters. The summed E-state index contributed by atoms with van der Waals surface area (Å²) in [5.74, 6) is -0.293. The maximum atomic E-state index is 14.3. The van der Waals surface area contributed by atoms with Crippen LogP contribution in [0.4, 0.5) is 10.1 Å². The van der Waals surface area contributed by atoms with Gasteiger partial charge in [0.05, 0.1) is 19.3 Å². The number of morpholine rings is 1. The number of halogens is 1. The number of hydrogen-bond donors (Lipinski definition) is 1. The first-order chi connectivity index (χ1) is 10.6. The second kappa shape index (κ2) is 8.13. The lowest BCUT2D eigenvalue weighted by Crippen LogP contribution is -2.36. The monoisotopic (exact) mass is 308 g/mol. The summed E-state index contributed by atoms with van der Waals surface area (Å²) in [7, 11) is 0. The zero-order valence-electron chi connectivity index (χ0n) is 13.4. The maximum Gasteiger partial charge on any atom is 0.220 e. The van der Waals surface area contributed by atoms with E-state index in [1.807, 2.05) is 19.9 Å². The van der Waals surface area contributed by atoms with E-state index in [1.54, 1.807) is 12.1 Å². The van der Waals surface area contributed by atoms with Gasteiger partial charge in [0.1, 0.15) is 5.82 Å². The minimum absolute atomic E-state index is 0.0222. The number of carbonyl (C=O) groups is 1. The van der Waals surface area contributed by atoms with Gasteiger partial charge in [-0.1, -0.05) is 19.4 Å². The van der Waals surface area contributed by atoms with Crippen molar-refractivity contribution in [1.29, 1.82) is 0 Å². The third-order valence-electron chi connectivity index (χ3n) is 3.96. The molecule has 1 aromatic carbocycles. The van der Waals surface area contributed by atoms with Crippen LogP contribution in [0.2, 0.25) is 0 Å². The predicted octanol–water partition coefficient (Wildman–Crippen LogP) is 3.03. The number of hydrogen-bond acceptors (Lipinski definition) is 3. The fourth-order valence-electron chi connectivity index (χ4n) is 2.61. The summed E-state index contributed by atoms with van der Waals surface area (Å²) < 4.78 is 19.7. The number of anilines is 1. The van der Waals surface area contributed by atoms with Crippen LogP contribution in [0.1, 0.15) is 44.7 Å². The van der Waals surface area contributed by atoms with Crippen LogP contribution in [-0.2, 0) is 9.53 Å². The summed E-state index contributed by atoms with van der Waals surface area (Å²) >= 11 is 0. The van der Waals surface area contributed by atoms with Crippen molar-refractivity contribution in [3.63, 3.8) is 0 Å². The quantitative estimate of drug-likeness (QED) is 0.878. The van der Waals surface area contributed by atoms with Gasteiger partial charge in [-0.2, -0.15) is 0 Å². The Morgan fingerprint density at radius 2 is 2.14 bits per heavy atom. The second-order valence-electron chi connectivity index (χ2n) is 5.70. The molecule has 1 heterocycles. The number of benzene rings is 1. The zero-order valence-corrected chi connectivity index (χ0v) is 13.4. The standard InChI is InChI=1S/C17H25FN2O2/c1-3-4-5-17(21)19-13(2)15-7-6-14(12-16(15)18)20-8-10-22-11-9-20/h6-7,12-13H,3-5,8-11H2,1-2H3,(H,19,21). The molecule has 22 heavy (non-hydrogen) atoms. The largest absolute Gasteiger partial charge is 0.378 e. The molecular weight excluding hydrogens is 283 g/mol. The van der Waals surface area contributed by atoms with Crippen LogP contribution in [0.15, 0.2) is 18.2 Å². The highest BCUT2D eigenvalue weighted by molar-refractivity contribution is 5.76. The van der Waals surface area contributed by atoms with Crippen molar-refractivity contribution in [1.82, 2.24) is 5.32 Å². The SMILES string of the molecule is CCCCC(=O)NC(C)c1ccc(N2CCOCC2)cc1F. The smallest absolute Gasteiger partial charge is 0.220 e. The first kappa shape index (κ1) is 16.7. The third kappa shape index (κ3) is 4.44. The number of nitrogens with zero attached hydrogens (tertiary/aromatic N) is 1. The number of amides is 1. The number of ether oxygens (including phenoxy) is 1. The number of carbonyl (C=O) groups excluding carboxylic acids is 1. The average molecular weight is 308 g/mol. The van der Waals surface area contributed by atoms with Gasteiger partial charge in [0.15, 0.2) is 0 Å². The number of unbranched alkanes of at least 4 members (excludes halogenated alkanes) is 1. The molecule has 1 aliphatic heterocycles. The van der Waals surface area contributed by atoms with Crippen LogP contribution in [0.3, 0.4) is 0 Å². The molecule has 1 aliphatic rings. The molecule has 0 spiro atoms. The molecule has 0 bridgehead atoms. The van der Waals surface area contributed by atoms with E-state index in [0.29, 0.717) is 25.2 Å². The summed E-state index contributed by atoms with van der Waals surface area (Å²) in [5, 5.41) is 2.86. The van der Waals surface area contributed by atoms with E-state index in [-0.39, 0.29) is 17.8 Å². The minimum Gasteiger partial charge on any atom is -0.378 e. The molecule has 1 unspecified atom stereocenters. The molecule has 1 aromatic rings. The fraction of sp³-hybridized carbons (Fsp3) is 0.588. The Kier molecular flexibility index (Phi) is 6.19. The van der Waals surface area contributed by atoms with Gasteiger partial charge in [0, 0.05) is 30.8 Å². The van der Waals surface area contributed by atoms with Gasteiger partial charge in [-0.05, 0) is 25.5 Å².